The summed E-state index contributed by atoms with van der Waals surface area (Å²) in [5.74, 6) is 0. The fourth-order valence-corrected chi connectivity index (χ4v) is 4.95. The van der Waals surface area contributed by atoms with E-state index in [1.165, 1.54) is 7.11 Å². The zero-order chi connectivity index (χ0) is 21.4. The lowest BCUT2D eigenvalue weighted by Crippen LogP contribution is -2.46. The third kappa shape index (κ3) is 12.6. The minimum atomic E-state index is -2.69. The third-order valence-electron chi connectivity index (χ3n) is 3.45. The number of methoxy groups -OCH3 is 1. The number of hydroxylamine groups is 1. The van der Waals surface area contributed by atoms with Gasteiger partial charge in [0.25, 0.3) is 0 Å². The second-order valence-corrected chi connectivity index (χ2v) is 8.50. The maximum Gasteiger partial charge on any atom is 0.500 e. The summed E-state index contributed by atoms with van der Waals surface area (Å²) in [6, 6.07) is 0.154. The van der Waals surface area contributed by atoms with E-state index in [4.69, 9.17) is 32.3 Å². The first-order valence-corrected chi connectivity index (χ1v) is 11.7. The highest BCUT2D eigenvalue weighted by molar-refractivity contribution is 6.60. The van der Waals surface area contributed by atoms with Gasteiger partial charge in [0.2, 0.25) is 0 Å². The van der Waals surface area contributed by atoms with Crippen molar-refractivity contribution < 1.29 is 37.1 Å². The molecule has 0 aliphatic heterocycles. The lowest BCUT2D eigenvalue weighted by molar-refractivity contribution is -0.282. The summed E-state index contributed by atoms with van der Waals surface area (Å²) in [5, 5.41) is 2.71. The smallest absolute Gasteiger partial charge is 0.374 e. The van der Waals surface area contributed by atoms with Crippen LogP contribution in [0.2, 0.25) is 6.04 Å². The lowest BCUT2D eigenvalue weighted by atomic mass is 10.5. The van der Waals surface area contributed by atoms with Crippen molar-refractivity contribution in [3.63, 3.8) is 0 Å². The summed E-state index contributed by atoms with van der Waals surface area (Å²) in [6.07, 6.45) is -0.993. The van der Waals surface area contributed by atoms with E-state index in [0.29, 0.717) is 38.8 Å². The maximum absolute atomic E-state index is 11.8. The van der Waals surface area contributed by atoms with Crippen molar-refractivity contribution in [2.24, 2.45) is 0 Å². The summed E-state index contributed by atoms with van der Waals surface area (Å²) in [4.78, 5) is 17.0. The number of urea groups is 1. The Hall–Kier alpha value is -0.793. The number of hydrogen-bond donors (Lipinski definition) is 2. The Balaban J connectivity index is 4.10. The van der Waals surface area contributed by atoms with Crippen LogP contribution in [-0.4, -0.2) is 67.2 Å². The molecule has 0 aromatic carbocycles. The number of ether oxygens (including phenoxy) is 3. The second kappa shape index (κ2) is 16.1. The van der Waals surface area contributed by atoms with Crippen molar-refractivity contribution in [3.05, 3.63) is 0 Å². The molecule has 168 valence electrons. The number of carbonyl (C=O) groups excluding carboxylic acids is 1. The van der Waals surface area contributed by atoms with Crippen LogP contribution in [0.3, 0.4) is 0 Å². The summed E-state index contributed by atoms with van der Waals surface area (Å²) in [5.41, 5.74) is 2.28. The molecule has 0 aliphatic carbocycles. The maximum atomic E-state index is 11.8. The average molecular weight is 427 g/mol. The zero-order valence-electron chi connectivity index (χ0n) is 18.2. The van der Waals surface area contributed by atoms with Crippen molar-refractivity contribution in [3.8, 4) is 0 Å². The van der Waals surface area contributed by atoms with Gasteiger partial charge in [0.15, 0.2) is 18.9 Å². The van der Waals surface area contributed by atoms with Gasteiger partial charge >= 0.3 is 14.8 Å². The van der Waals surface area contributed by atoms with Crippen LogP contribution in [-0.2, 0) is 32.3 Å². The molecule has 0 saturated heterocycles. The topological polar surface area (TPSA) is 106 Å². The van der Waals surface area contributed by atoms with E-state index >= 15 is 0 Å². The van der Waals surface area contributed by atoms with E-state index in [2.05, 4.69) is 10.8 Å². The quantitative estimate of drug-likeness (QED) is 0.158. The molecule has 2 N–H and O–H groups in total. The normalized spacial score (nSPS) is 15.1. The van der Waals surface area contributed by atoms with Crippen molar-refractivity contribution in [2.45, 2.75) is 72.9 Å². The fraction of sp³-hybridized carbons (Fsp3) is 0.941. The molecule has 2 amide bonds. The molecular formula is C17H38N2O8Si. The highest BCUT2D eigenvalue weighted by atomic mass is 28.4. The Bertz CT molecular complexity index is 388. The molecule has 0 aromatic rings. The predicted octanol–water partition coefficient (Wildman–Crippen LogP) is 2.37. The molecular weight excluding hydrogens is 388 g/mol. The molecule has 0 aromatic heterocycles. The highest BCUT2D eigenvalue weighted by Crippen LogP contribution is 2.17. The number of amides is 2. The first-order valence-electron chi connectivity index (χ1n) is 9.77. The molecule has 0 fully saturated rings. The molecule has 0 spiro atoms. The number of hydrogen-bond acceptors (Lipinski definition) is 8. The lowest BCUT2D eigenvalue weighted by Gasteiger charge is -2.28. The summed E-state index contributed by atoms with van der Waals surface area (Å²) in [7, 11) is -1.15. The number of carbonyl (C=O) groups is 1. The first kappa shape index (κ1) is 27.2. The highest BCUT2D eigenvalue weighted by Gasteiger charge is 2.39. The molecule has 3 unspecified atom stereocenters. The van der Waals surface area contributed by atoms with Gasteiger partial charge in [0, 0.05) is 39.5 Å². The Labute approximate surface area is 169 Å². The van der Waals surface area contributed by atoms with Crippen molar-refractivity contribution >= 4 is 14.8 Å². The van der Waals surface area contributed by atoms with Crippen LogP contribution in [0, 0.1) is 0 Å². The van der Waals surface area contributed by atoms with Gasteiger partial charge in [-0.3, -0.25) is 0 Å². The monoisotopic (exact) mass is 426 g/mol. The number of rotatable bonds is 17. The van der Waals surface area contributed by atoms with Crippen molar-refractivity contribution in [1.29, 1.82) is 0 Å². The summed E-state index contributed by atoms with van der Waals surface area (Å²) in [6.45, 7) is 12.8. The van der Waals surface area contributed by atoms with Crippen molar-refractivity contribution in [2.75, 3.05) is 33.5 Å². The predicted molar refractivity (Wildman–Crippen MR) is 105 cm³/mol. The van der Waals surface area contributed by atoms with Gasteiger partial charge in [0.1, 0.15) is 0 Å². The number of nitrogens with one attached hydrogen (secondary N) is 2. The Kier molecular flexibility index (Phi) is 15.6. The standard InChI is InChI=1S/C17H38N2O8Si/c1-8-22-28(23-9-2,24-10-3)13-11-12-18-17(20)19-27-16(6)26-15(5)25-14(4)21-7/h14-16H,8-13H2,1-7H3,(H2,18,19,20). The minimum absolute atomic E-state index is 0.404. The Morgan fingerprint density at radius 2 is 1.43 bits per heavy atom. The third-order valence-corrected chi connectivity index (χ3v) is 6.61. The molecule has 0 rings (SSSR count). The van der Waals surface area contributed by atoms with Crippen molar-refractivity contribution in [1.82, 2.24) is 10.8 Å². The zero-order valence-corrected chi connectivity index (χ0v) is 19.2. The van der Waals surface area contributed by atoms with Gasteiger partial charge in [-0.1, -0.05) is 0 Å². The fourth-order valence-electron chi connectivity index (χ4n) is 2.34. The molecule has 28 heavy (non-hydrogen) atoms. The van der Waals surface area contributed by atoms with Gasteiger partial charge < -0.3 is 32.8 Å². The van der Waals surface area contributed by atoms with Crippen LogP contribution in [0.15, 0.2) is 0 Å². The van der Waals surface area contributed by atoms with E-state index in [9.17, 15) is 4.79 Å². The molecule has 0 bridgehead atoms. The SMILES string of the molecule is CCO[Si](CCCNC(=O)NOC(C)OC(C)OC(C)OC)(OCC)OCC. The largest absolute Gasteiger partial charge is 0.500 e. The average Bonchev–Trinajstić information content (AvgIpc) is 2.64. The van der Waals surface area contributed by atoms with Crippen LogP contribution in [0.1, 0.15) is 48.0 Å². The molecule has 10 nitrogen and oxygen atoms in total. The van der Waals surface area contributed by atoms with Gasteiger partial charge in [-0.25, -0.2) is 15.1 Å². The molecule has 3 atom stereocenters. The van der Waals surface area contributed by atoms with Gasteiger partial charge in [-0.05, 0) is 48.0 Å². The molecule has 0 aliphatic rings. The second-order valence-electron chi connectivity index (χ2n) is 5.77. The van der Waals surface area contributed by atoms with E-state index in [1.54, 1.807) is 20.8 Å². The van der Waals surface area contributed by atoms with Gasteiger partial charge in [0.05, 0.1) is 0 Å². The summed E-state index contributed by atoms with van der Waals surface area (Å²) >= 11 is 0. The van der Waals surface area contributed by atoms with Gasteiger partial charge in [-0.15, -0.1) is 0 Å². The van der Waals surface area contributed by atoms with Crippen LogP contribution in [0.5, 0.6) is 0 Å². The van der Waals surface area contributed by atoms with Gasteiger partial charge in [-0.2, -0.15) is 0 Å². The minimum Gasteiger partial charge on any atom is -0.374 e. The molecule has 0 heterocycles. The van der Waals surface area contributed by atoms with E-state index in [-0.39, 0.29) is 0 Å². The Morgan fingerprint density at radius 1 is 0.893 bits per heavy atom. The van der Waals surface area contributed by atoms with E-state index < -0.39 is 33.7 Å². The van der Waals surface area contributed by atoms with Crippen LogP contribution in [0.4, 0.5) is 4.79 Å². The van der Waals surface area contributed by atoms with Crippen LogP contribution in [0.25, 0.3) is 0 Å². The van der Waals surface area contributed by atoms with E-state index in [0.717, 1.165) is 0 Å². The Morgan fingerprint density at radius 3 is 1.93 bits per heavy atom. The molecule has 0 saturated carbocycles. The van der Waals surface area contributed by atoms with Crippen LogP contribution >= 0.6 is 0 Å². The molecule has 11 heteroatoms. The molecule has 0 radical (unpaired) electrons. The first-order chi connectivity index (χ1) is 13.3. The summed E-state index contributed by atoms with van der Waals surface area (Å²) < 4.78 is 33.1. The van der Waals surface area contributed by atoms with E-state index in [1.807, 2.05) is 20.8 Å². The van der Waals surface area contributed by atoms with Crippen LogP contribution < -0.4 is 10.8 Å².